The molecule has 8 nitrogen and oxygen atoms in total. The Bertz CT molecular complexity index is 791. The van der Waals surface area contributed by atoms with Gasteiger partial charge in [0.2, 0.25) is 5.95 Å². The predicted octanol–water partition coefficient (Wildman–Crippen LogP) is 2.17. The summed E-state index contributed by atoms with van der Waals surface area (Å²) in [6.45, 7) is 1.81. The van der Waals surface area contributed by atoms with Crippen molar-refractivity contribution in [3.05, 3.63) is 30.5 Å². The van der Waals surface area contributed by atoms with Gasteiger partial charge in [0.1, 0.15) is 17.2 Å². The maximum Gasteiger partial charge on any atom is 0.262 e. The first-order chi connectivity index (χ1) is 13.1. The van der Waals surface area contributed by atoms with Gasteiger partial charge in [0.25, 0.3) is 5.91 Å². The smallest absolute Gasteiger partial charge is 0.262 e. The topological polar surface area (TPSA) is 79.8 Å². The molecule has 1 aromatic heterocycles. The Hall–Kier alpha value is -3.03. The average Bonchev–Trinajstić information content (AvgIpc) is 3.21. The van der Waals surface area contributed by atoms with E-state index in [1.165, 1.54) is 0 Å². The number of carbonyl (C=O) groups excluding carboxylic acids is 1. The SMILES string of the molecule is COc1cccc(OCC(=O)Nc2cnc(N3CCCC3)nc2N(C)C)c1. The molecule has 2 aromatic rings. The van der Waals surface area contributed by atoms with E-state index in [1.807, 2.05) is 25.1 Å². The number of anilines is 3. The van der Waals surface area contributed by atoms with Crippen LogP contribution in [-0.4, -0.2) is 56.8 Å². The summed E-state index contributed by atoms with van der Waals surface area (Å²) < 4.78 is 10.7. The molecule has 2 heterocycles. The standard InChI is InChI=1S/C19H25N5O3/c1-23(2)18-16(12-20-19(22-18)24-9-4-5-10-24)21-17(25)13-27-15-8-6-7-14(11-15)26-3/h6-8,11-12H,4-5,9-10,13H2,1-3H3,(H,21,25). The van der Waals surface area contributed by atoms with Crippen LogP contribution in [0.2, 0.25) is 0 Å². The average molecular weight is 371 g/mol. The Morgan fingerprint density at radius 2 is 2.00 bits per heavy atom. The fourth-order valence-electron chi connectivity index (χ4n) is 2.89. The molecular weight excluding hydrogens is 346 g/mol. The molecule has 1 amide bonds. The molecule has 3 rings (SSSR count). The number of ether oxygens (including phenoxy) is 2. The third-order valence-electron chi connectivity index (χ3n) is 4.25. The van der Waals surface area contributed by atoms with Gasteiger partial charge in [-0.3, -0.25) is 4.79 Å². The van der Waals surface area contributed by atoms with Gasteiger partial charge in [-0.05, 0) is 25.0 Å². The van der Waals surface area contributed by atoms with Crippen molar-refractivity contribution in [1.29, 1.82) is 0 Å². The summed E-state index contributed by atoms with van der Waals surface area (Å²) in [5, 5.41) is 2.83. The Labute approximate surface area is 159 Å². The first-order valence-electron chi connectivity index (χ1n) is 8.93. The molecule has 0 saturated carbocycles. The van der Waals surface area contributed by atoms with E-state index in [0.717, 1.165) is 25.9 Å². The quantitative estimate of drug-likeness (QED) is 0.799. The minimum Gasteiger partial charge on any atom is -0.497 e. The zero-order chi connectivity index (χ0) is 19.2. The van der Waals surface area contributed by atoms with Gasteiger partial charge in [-0.25, -0.2) is 4.98 Å². The lowest BCUT2D eigenvalue weighted by Gasteiger charge is -2.21. The molecule has 0 atom stereocenters. The number of aromatic nitrogens is 2. The van der Waals surface area contributed by atoms with Crippen LogP contribution in [0.15, 0.2) is 30.5 Å². The van der Waals surface area contributed by atoms with Crippen molar-refractivity contribution in [2.45, 2.75) is 12.8 Å². The van der Waals surface area contributed by atoms with Crippen molar-refractivity contribution in [3.63, 3.8) is 0 Å². The Balaban J connectivity index is 1.65. The van der Waals surface area contributed by atoms with Crippen molar-refractivity contribution in [1.82, 2.24) is 9.97 Å². The zero-order valence-corrected chi connectivity index (χ0v) is 15.9. The number of benzene rings is 1. The second kappa shape index (κ2) is 8.57. The number of carbonyl (C=O) groups is 1. The third kappa shape index (κ3) is 4.78. The first-order valence-corrected chi connectivity index (χ1v) is 8.93. The van der Waals surface area contributed by atoms with Crippen LogP contribution >= 0.6 is 0 Å². The lowest BCUT2D eigenvalue weighted by atomic mass is 10.3. The number of methoxy groups -OCH3 is 1. The number of hydrogen-bond donors (Lipinski definition) is 1. The van der Waals surface area contributed by atoms with E-state index < -0.39 is 0 Å². The molecule has 1 fully saturated rings. The summed E-state index contributed by atoms with van der Waals surface area (Å²) in [7, 11) is 5.36. The molecule has 0 spiro atoms. The first kappa shape index (κ1) is 18.8. The van der Waals surface area contributed by atoms with Gasteiger partial charge in [-0.15, -0.1) is 0 Å². The summed E-state index contributed by atoms with van der Waals surface area (Å²) in [6, 6.07) is 7.12. The van der Waals surface area contributed by atoms with Gasteiger partial charge < -0.3 is 24.6 Å². The monoisotopic (exact) mass is 371 g/mol. The lowest BCUT2D eigenvalue weighted by Crippen LogP contribution is -2.25. The molecule has 144 valence electrons. The van der Waals surface area contributed by atoms with Gasteiger partial charge in [-0.1, -0.05) is 6.07 Å². The van der Waals surface area contributed by atoms with Gasteiger partial charge >= 0.3 is 0 Å². The lowest BCUT2D eigenvalue weighted by molar-refractivity contribution is -0.118. The van der Waals surface area contributed by atoms with Crippen molar-refractivity contribution >= 4 is 23.4 Å². The van der Waals surface area contributed by atoms with E-state index in [0.29, 0.717) is 29.0 Å². The van der Waals surface area contributed by atoms with E-state index in [4.69, 9.17) is 9.47 Å². The largest absolute Gasteiger partial charge is 0.497 e. The summed E-state index contributed by atoms with van der Waals surface area (Å²) >= 11 is 0. The Kier molecular flexibility index (Phi) is 5.95. The van der Waals surface area contributed by atoms with Gasteiger partial charge in [0.05, 0.1) is 13.3 Å². The fraction of sp³-hybridized carbons (Fsp3) is 0.421. The normalized spacial score (nSPS) is 13.4. The predicted molar refractivity (Wildman–Crippen MR) is 105 cm³/mol. The molecule has 1 N–H and O–H groups in total. The number of hydrogen-bond acceptors (Lipinski definition) is 7. The van der Waals surface area contributed by atoms with E-state index in [1.54, 1.807) is 31.5 Å². The molecule has 0 unspecified atom stereocenters. The summed E-state index contributed by atoms with van der Waals surface area (Å²) in [5.41, 5.74) is 0.558. The molecule has 0 radical (unpaired) electrons. The summed E-state index contributed by atoms with van der Waals surface area (Å²) in [6.07, 6.45) is 3.96. The highest BCUT2D eigenvalue weighted by Gasteiger charge is 2.18. The van der Waals surface area contributed by atoms with Crippen LogP contribution in [0.5, 0.6) is 11.5 Å². The maximum absolute atomic E-state index is 12.3. The minimum absolute atomic E-state index is 0.117. The second-order valence-corrected chi connectivity index (χ2v) is 6.51. The molecular formula is C19H25N5O3. The highest BCUT2D eigenvalue weighted by atomic mass is 16.5. The summed E-state index contributed by atoms with van der Waals surface area (Å²) in [4.78, 5) is 25.4. The van der Waals surface area contributed by atoms with Gasteiger partial charge in [0.15, 0.2) is 12.4 Å². The van der Waals surface area contributed by atoms with Crippen LogP contribution in [-0.2, 0) is 4.79 Å². The molecule has 1 saturated heterocycles. The highest BCUT2D eigenvalue weighted by Crippen LogP contribution is 2.25. The van der Waals surface area contributed by atoms with Crippen LogP contribution in [0.1, 0.15) is 12.8 Å². The number of nitrogens with zero attached hydrogens (tertiary/aromatic N) is 4. The van der Waals surface area contributed by atoms with Crippen molar-refractivity contribution in [2.24, 2.45) is 0 Å². The zero-order valence-electron chi connectivity index (χ0n) is 15.9. The highest BCUT2D eigenvalue weighted by molar-refractivity contribution is 5.94. The minimum atomic E-state index is -0.279. The number of amides is 1. The Morgan fingerprint density at radius 3 is 2.70 bits per heavy atom. The molecule has 8 heteroatoms. The third-order valence-corrected chi connectivity index (χ3v) is 4.25. The molecule has 0 aliphatic carbocycles. The van der Waals surface area contributed by atoms with Crippen LogP contribution in [0.25, 0.3) is 0 Å². The molecule has 27 heavy (non-hydrogen) atoms. The second-order valence-electron chi connectivity index (χ2n) is 6.51. The van der Waals surface area contributed by atoms with Crippen LogP contribution < -0.4 is 24.6 Å². The van der Waals surface area contributed by atoms with Gasteiger partial charge in [0, 0.05) is 33.3 Å². The molecule has 1 aliphatic rings. The molecule has 1 aliphatic heterocycles. The Morgan fingerprint density at radius 1 is 1.26 bits per heavy atom. The van der Waals surface area contributed by atoms with E-state index >= 15 is 0 Å². The summed E-state index contributed by atoms with van der Waals surface area (Å²) in [5.74, 6) is 2.33. The van der Waals surface area contributed by atoms with Gasteiger partial charge in [-0.2, -0.15) is 4.98 Å². The van der Waals surface area contributed by atoms with Crippen molar-refractivity contribution in [3.8, 4) is 11.5 Å². The molecule has 0 bridgehead atoms. The number of rotatable bonds is 7. The van der Waals surface area contributed by atoms with Crippen LogP contribution in [0.3, 0.4) is 0 Å². The maximum atomic E-state index is 12.3. The number of nitrogens with one attached hydrogen (secondary N) is 1. The fourth-order valence-corrected chi connectivity index (χ4v) is 2.89. The molecule has 1 aromatic carbocycles. The van der Waals surface area contributed by atoms with Crippen LogP contribution in [0.4, 0.5) is 17.5 Å². The van der Waals surface area contributed by atoms with E-state index in [9.17, 15) is 4.79 Å². The van der Waals surface area contributed by atoms with E-state index in [-0.39, 0.29) is 12.5 Å². The van der Waals surface area contributed by atoms with Crippen molar-refractivity contribution < 1.29 is 14.3 Å². The van der Waals surface area contributed by atoms with Crippen molar-refractivity contribution in [2.75, 3.05) is 56.0 Å². The van der Waals surface area contributed by atoms with E-state index in [2.05, 4.69) is 20.2 Å². The van der Waals surface area contributed by atoms with Crippen LogP contribution in [0, 0.1) is 0 Å².